The summed E-state index contributed by atoms with van der Waals surface area (Å²) in [6.45, 7) is 7.14. The van der Waals surface area contributed by atoms with Gasteiger partial charge >= 0.3 is 0 Å². The summed E-state index contributed by atoms with van der Waals surface area (Å²) < 4.78 is 7.53. The number of carbonyl (C=O) groups excluding carboxylic acids is 2. The van der Waals surface area contributed by atoms with Gasteiger partial charge in [0.15, 0.2) is 5.82 Å². The van der Waals surface area contributed by atoms with Crippen LogP contribution in [-0.2, 0) is 4.79 Å². The average molecular weight is 657 g/mol. The lowest BCUT2D eigenvalue weighted by molar-refractivity contribution is -0.130. The van der Waals surface area contributed by atoms with Crippen molar-refractivity contribution in [2.75, 3.05) is 26.7 Å². The van der Waals surface area contributed by atoms with Crippen molar-refractivity contribution >= 4 is 42.6 Å². The summed E-state index contributed by atoms with van der Waals surface area (Å²) in [6.07, 6.45) is 0.903. The molecule has 2 unspecified atom stereocenters. The number of rotatable bonds is 8. The van der Waals surface area contributed by atoms with Crippen LogP contribution in [-0.4, -0.2) is 77.0 Å². The van der Waals surface area contributed by atoms with Crippen molar-refractivity contribution in [3.05, 3.63) is 100 Å². The Labute approximate surface area is 274 Å². The number of aliphatic imine (C=N–C) groups is 1. The Morgan fingerprint density at radius 2 is 1.87 bits per heavy atom. The molecule has 2 aliphatic rings. The summed E-state index contributed by atoms with van der Waals surface area (Å²) in [7, 11) is -0.902. The van der Waals surface area contributed by atoms with E-state index in [0.29, 0.717) is 53.3 Å². The minimum atomic E-state index is -2.53. The van der Waals surface area contributed by atoms with Crippen molar-refractivity contribution in [2.45, 2.75) is 38.9 Å². The number of aromatic nitrogens is 3. The summed E-state index contributed by atoms with van der Waals surface area (Å²) in [5, 5.41) is 13.3. The van der Waals surface area contributed by atoms with Gasteiger partial charge in [0.1, 0.15) is 17.6 Å². The molecule has 2 amide bonds. The highest BCUT2D eigenvalue weighted by Crippen LogP contribution is 2.35. The standard InChI is InChI=1S/C34H37ClN6O4Si/c1-21-38-39-33-29(37-32(23-8-10-25(35)11-9-23)28-17-26(45-2)12-13-30(28)41(21)33)18-31(42)40-15-14-22(20-40)19-36-34(43)24-6-5-7-27(16-24)46(3,4)44/h5-13,16-17,22,29,44H,14-15,18-20H2,1-4H3,(H,36,43). The highest BCUT2D eigenvalue weighted by atomic mass is 35.5. The van der Waals surface area contributed by atoms with Gasteiger partial charge in [-0.15, -0.1) is 10.2 Å². The lowest BCUT2D eigenvalue weighted by Gasteiger charge is -2.20. The van der Waals surface area contributed by atoms with Gasteiger partial charge in [-0.3, -0.25) is 19.1 Å². The number of nitrogens with zero attached hydrogens (tertiary/aromatic N) is 5. The van der Waals surface area contributed by atoms with Gasteiger partial charge in [-0.1, -0.05) is 35.9 Å². The second-order valence-electron chi connectivity index (χ2n) is 12.4. The molecule has 2 N–H and O–H groups in total. The third-order valence-corrected chi connectivity index (χ3v) is 10.6. The maximum Gasteiger partial charge on any atom is 0.251 e. The molecular formula is C34H37ClN6O4Si. The smallest absolute Gasteiger partial charge is 0.251 e. The van der Waals surface area contributed by atoms with E-state index in [4.69, 9.17) is 21.3 Å². The number of halogens is 1. The topological polar surface area (TPSA) is 122 Å². The quantitative estimate of drug-likeness (QED) is 0.274. The Morgan fingerprint density at radius 1 is 1.09 bits per heavy atom. The van der Waals surface area contributed by atoms with Crippen LogP contribution in [0.2, 0.25) is 18.1 Å². The summed E-state index contributed by atoms with van der Waals surface area (Å²) in [4.78, 5) is 44.2. The summed E-state index contributed by atoms with van der Waals surface area (Å²) in [6, 6.07) is 19.9. The average Bonchev–Trinajstić information content (AvgIpc) is 3.65. The highest BCUT2D eigenvalue weighted by Gasteiger charge is 2.33. The van der Waals surface area contributed by atoms with Gasteiger partial charge in [-0.2, -0.15) is 0 Å². The Kier molecular flexibility index (Phi) is 8.82. The van der Waals surface area contributed by atoms with Crippen LogP contribution in [0.5, 0.6) is 5.75 Å². The van der Waals surface area contributed by atoms with Gasteiger partial charge in [0.05, 0.1) is 24.9 Å². The van der Waals surface area contributed by atoms with E-state index in [1.807, 2.05) is 78.0 Å². The third kappa shape index (κ3) is 6.48. The molecule has 0 aliphatic carbocycles. The molecule has 0 radical (unpaired) electrons. The number of benzene rings is 3. The summed E-state index contributed by atoms with van der Waals surface area (Å²) in [5.74, 6) is 1.89. The van der Waals surface area contributed by atoms with Gasteiger partial charge in [-0.05, 0) is 80.0 Å². The van der Waals surface area contributed by atoms with Crippen LogP contribution in [0, 0.1) is 12.8 Å². The van der Waals surface area contributed by atoms with Crippen LogP contribution >= 0.6 is 11.6 Å². The number of methoxy groups -OCH3 is 1. The van der Waals surface area contributed by atoms with Gasteiger partial charge in [-0.25, -0.2) is 0 Å². The molecule has 1 saturated heterocycles. The Bertz CT molecular complexity index is 1820. The van der Waals surface area contributed by atoms with Crippen molar-refractivity contribution in [2.24, 2.45) is 10.9 Å². The third-order valence-electron chi connectivity index (χ3n) is 8.64. The minimum Gasteiger partial charge on any atom is -0.497 e. The van der Waals surface area contributed by atoms with Crippen molar-refractivity contribution in [1.82, 2.24) is 25.0 Å². The number of likely N-dealkylation sites (tertiary alicyclic amines) is 1. The zero-order valence-corrected chi connectivity index (χ0v) is 28.1. The molecule has 4 aromatic rings. The van der Waals surface area contributed by atoms with Crippen LogP contribution in [0.1, 0.15) is 52.0 Å². The fraction of sp³-hybridized carbons (Fsp3) is 0.324. The molecule has 0 bridgehead atoms. The lowest BCUT2D eigenvalue weighted by atomic mass is 10.00. The van der Waals surface area contributed by atoms with Crippen molar-refractivity contribution < 1.29 is 19.1 Å². The van der Waals surface area contributed by atoms with E-state index in [0.717, 1.165) is 28.4 Å². The maximum absolute atomic E-state index is 13.8. The molecular weight excluding hydrogens is 620 g/mol. The Balaban J connectivity index is 1.20. The molecule has 3 aromatic carbocycles. The largest absolute Gasteiger partial charge is 0.497 e. The summed E-state index contributed by atoms with van der Waals surface area (Å²) >= 11 is 6.22. The van der Waals surface area contributed by atoms with E-state index in [-0.39, 0.29) is 24.2 Å². The van der Waals surface area contributed by atoms with E-state index in [1.165, 1.54) is 0 Å². The fourth-order valence-electron chi connectivity index (χ4n) is 6.08. The van der Waals surface area contributed by atoms with Gasteiger partial charge in [0.2, 0.25) is 14.2 Å². The SMILES string of the molecule is COc1ccc2c(c1)C(c1ccc(Cl)cc1)=NC(CC(=O)N1CCC(CNC(=O)c3cccc([Si](C)(C)O)c3)C1)c1nnc(C)n1-2. The molecule has 2 aliphatic heterocycles. The van der Waals surface area contributed by atoms with E-state index < -0.39 is 14.4 Å². The number of ether oxygens (including phenoxy) is 1. The molecule has 6 rings (SSSR count). The number of carbonyl (C=O) groups is 2. The highest BCUT2D eigenvalue weighted by molar-refractivity contribution is 6.83. The minimum absolute atomic E-state index is 0.0309. The zero-order chi connectivity index (χ0) is 32.6. The second-order valence-corrected chi connectivity index (χ2v) is 16.5. The number of hydrogen-bond acceptors (Lipinski definition) is 7. The molecule has 46 heavy (non-hydrogen) atoms. The molecule has 0 saturated carbocycles. The molecule has 3 heterocycles. The van der Waals surface area contributed by atoms with E-state index in [2.05, 4.69) is 15.5 Å². The molecule has 238 valence electrons. The number of fused-ring (bicyclic) bond motifs is 3. The number of hydrogen-bond donors (Lipinski definition) is 2. The summed E-state index contributed by atoms with van der Waals surface area (Å²) in [5.41, 5.74) is 3.80. The fourth-order valence-corrected chi connectivity index (χ4v) is 7.22. The van der Waals surface area contributed by atoms with Gasteiger partial charge in [0.25, 0.3) is 5.91 Å². The first-order valence-electron chi connectivity index (χ1n) is 15.3. The van der Waals surface area contributed by atoms with Crippen LogP contribution < -0.4 is 15.2 Å². The van der Waals surface area contributed by atoms with Crippen LogP contribution in [0.3, 0.4) is 0 Å². The van der Waals surface area contributed by atoms with Gasteiger partial charge < -0.3 is 19.7 Å². The molecule has 0 spiro atoms. The zero-order valence-electron chi connectivity index (χ0n) is 26.3. The van der Waals surface area contributed by atoms with E-state index in [9.17, 15) is 14.4 Å². The predicted molar refractivity (Wildman–Crippen MR) is 180 cm³/mol. The molecule has 1 fully saturated rings. The first-order valence-corrected chi connectivity index (χ1v) is 18.7. The lowest BCUT2D eigenvalue weighted by Crippen LogP contribution is -2.42. The normalized spacial score (nSPS) is 17.5. The first kappa shape index (κ1) is 31.7. The number of amides is 2. The Morgan fingerprint density at radius 3 is 2.61 bits per heavy atom. The van der Waals surface area contributed by atoms with Crippen molar-refractivity contribution in [1.29, 1.82) is 0 Å². The van der Waals surface area contributed by atoms with Crippen molar-refractivity contribution in [3.63, 3.8) is 0 Å². The molecule has 1 aromatic heterocycles. The second kappa shape index (κ2) is 12.8. The van der Waals surface area contributed by atoms with Crippen molar-refractivity contribution in [3.8, 4) is 11.4 Å². The molecule has 10 nitrogen and oxygen atoms in total. The van der Waals surface area contributed by atoms with Crippen LogP contribution in [0.4, 0.5) is 0 Å². The molecule has 12 heteroatoms. The monoisotopic (exact) mass is 656 g/mol. The van der Waals surface area contributed by atoms with Crippen LogP contribution in [0.25, 0.3) is 5.69 Å². The molecule has 2 atom stereocenters. The number of aryl methyl sites for hydroxylation is 1. The van der Waals surface area contributed by atoms with E-state index >= 15 is 0 Å². The van der Waals surface area contributed by atoms with Crippen LogP contribution in [0.15, 0.2) is 71.7 Å². The maximum atomic E-state index is 13.8. The van der Waals surface area contributed by atoms with Gasteiger partial charge in [0, 0.05) is 41.3 Å². The first-order chi connectivity index (χ1) is 22.0. The Hall–Kier alpha value is -4.32. The number of nitrogens with one attached hydrogen (secondary N) is 1. The van der Waals surface area contributed by atoms with E-state index in [1.54, 1.807) is 25.3 Å². The predicted octanol–water partition coefficient (Wildman–Crippen LogP) is 4.20.